The Bertz CT molecular complexity index is 448. The average Bonchev–Trinajstić information content (AvgIpc) is 2.66. The van der Waals surface area contributed by atoms with E-state index in [0.717, 1.165) is 23.9 Å². The van der Waals surface area contributed by atoms with E-state index in [1.165, 1.54) is 18.7 Å². The molecule has 2 atom stereocenters. The summed E-state index contributed by atoms with van der Waals surface area (Å²) in [5.41, 5.74) is 2.29. The molecule has 1 saturated heterocycles. The summed E-state index contributed by atoms with van der Waals surface area (Å²) < 4.78 is 0. The highest BCUT2D eigenvalue weighted by atomic mass is 16.2. The minimum Gasteiger partial charge on any atom is -0.384 e. The number of hydrogen-bond acceptors (Lipinski definition) is 2. The first-order valence-electron chi connectivity index (χ1n) is 6.60. The molecule has 0 amide bonds. The van der Waals surface area contributed by atoms with E-state index < -0.39 is 0 Å². The van der Waals surface area contributed by atoms with Crippen LogP contribution in [0.3, 0.4) is 0 Å². The third-order valence-corrected chi connectivity index (χ3v) is 3.71. The Balaban J connectivity index is 2.01. The van der Waals surface area contributed by atoms with Crippen molar-refractivity contribution in [3.05, 3.63) is 35.4 Å². The largest absolute Gasteiger partial charge is 0.384 e. The molecule has 2 heteroatoms. The lowest BCUT2D eigenvalue weighted by molar-refractivity contribution is 0.316. The van der Waals surface area contributed by atoms with E-state index in [1.807, 2.05) is 12.1 Å². The number of hydrogen-bond donors (Lipinski definition) is 1. The van der Waals surface area contributed by atoms with Crippen LogP contribution in [0.4, 0.5) is 0 Å². The van der Waals surface area contributed by atoms with Crippen LogP contribution in [0.1, 0.15) is 25.0 Å². The summed E-state index contributed by atoms with van der Waals surface area (Å²) in [4.78, 5) is 2.51. The predicted molar refractivity (Wildman–Crippen MR) is 74.0 cm³/mol. The number of aliphatic hydroxyl groups is 1. The van der Waals surface area contributed by atoms with Crippen molar-refractivity contribution in [1.82, 2.24) is 4.90 Å². The maximum absolute atomic E-state index is 8.70. The fourth-order valence-electron chi connectivity index (χ4n) is 2.53. The van der Waals surface area contributed by atoms with Crippen LogP contribution in [0.15, 0.2) is 24.3 Å². The fourth-order valence-corrected chi connectivity index (χ4v) is 2.53. The van der Waals surface area contributed by atoms with Crippen LogP contribution in [0.25, 0.3) is 0 Å². The number of nitrogens with zero attached hydrogens (tertiary/aromatic N) is 1. The lowest BCUT2D eigenvalue weighted by atomic mass is 10.0. The molecule has 18 heavy (non-hydrogen) atoms. The second kappa shape index (κ2) is 6.04. The van der Waals surface area contributed by atoms with Crippen molar-refractivity contribution < 1.29 is 5.11 Å². The van der Waals surface area contributed by atoms with Gasteiger partial charge in [0.1, 0.15) is 6.61 Å². The van der Waals surface area contributed by atoms with Crippen molar-refractivity contribution in [1.29, 1.82) is 0 Å². The Morgan fingerprint density at radius 1 is 1.28 bits per heavy atom. The monoisotopic (exact) mass is 243 g/mol. The lowest BCUT2D eigenvalue weighted by Gasteiger charge is -2.15. The fraction of sp³-hybridized carbons (Fsp3) is 0.500. The zero-order valence-corrected chi connectivity index (χ0v) is 11.2. The average molecular weight is 243 g/mol. The number of aliphatic hydroxyl groups excluding tert-OH is 1. The topological polar surface area (TPSA) is 23.5 Å². The van der Waals surface area contributed by atoms with Gasteiger partial charge in [-0.1, -0.05) is 37.8 Å². The molecule has 2 nitrogen and oxygen atoms in total. The summed E-state index contributed by atoms with van der Waals surface area (Å²) in [6.45, 7) is 7.96. The zero-order chi connectivity index (χ0) is 13.0. The first kappa shape index (κ1) is 13.1. The van der Waals surface area contributed by atoms with Gasteiger partial charge in [0, 0.05) is 25.2 Å². The molecule has 0 radical (unpaired) electrons. The van der Waals surface area contributed by atoms with E-state index in [0.29, 0.717) is 0 Å². The van der Waals surface area contributed by atoms with Crippen LogP contribution in [0, 0.1) is 23.7 Å². The van der Waals surface area contributed by atoms with Crippen molar-refractivity contribution in [2.45, 2.75) is 20.4 Å². The van der Waals surface area contributed by atoms with Gasteiger partial charge in [-0.15, -0.1) is 0 Å². The van der Waals surface area contributed by atoms with Gasteiger partial charge in [0.05, 0.1) is 0 Å². The van der Waals surface area contributed by atoms with E-state index in [-0.39, 0.29) is 6.61 Å². The maximum atomic E-state index is 8.70. The number of likely N-dealkylation sites (tertiary alicyclic amines) is 1. The van der Waals surface area contributed by atoms with Crippen molar-refractivity contribution >= 4 is 0 Å². The van der Waals surface area contributed by atoms with Crippen LogP contribution in [0.2, 0.25) is 0 Å². The van der Waals surface area contributed by atoms with Crippen molar-refractivity contribution in [2.75, 3.05) is 19.7 Å². The highest BCUT2D eigenvalue weighted by Crippen LogP contribution is 2.23. The van der Waals surface area contributed by atoms with Crippen LogP contribution in [0.5, 0.6) is 0 Å². The smallest absolute Gasteiger partial charge is 0.104 e. The molecule has 0 aliphatic carbocycles. The molecule has 0 spiro atoms. The van der Waals surface area contributed by atoms with E-state index in [4.69, 9.17) is 5.11 Å². The standard InChI is InChI=1S/C16H21NO/c1-13-10-17(11-14(13)2)12-16-6-3-5-15(9-16)7-4-8-18/h3,5-6,9,13-14,18H,8,10-12H2,1-2H3. The number of benzene rings is 1. The van der Waals surface area contributed by atoms with Crippen LogP contribution >= 0.6 is 0 Å². The molecule has 1 aromatic carbocycles. The molecule has 0 aromatic heterocycles. The van der Waals surface area contributed by atoms with E-state index >= 15 is 0 Å². The Kier molecular flexibility index (Phi) is 4.41. The summed E-state index contributed by atoms with van der Waals surface area (Å²) >= 11 is 0. The summed E-state index contributed by atoms with van der Waals surface area (Å²) in [6.07, 6.45) is 0. The molecule has 2 rings (SSSR count). The minimum absolute atomic E-state index is 0.0780. The lowest BCUT2D eigenvalue weighted by Crippen LogP contribution is -2.20. The van der Waals surface area contributed by atoms with Crippen LogP contribution in [-0.4, -0.2) is 29.7 Å². The summed E-state index contributed by atoms with van der Waals surface area (Å²) in [5.74, 6) is 7.24. The van der Waals surface area contributed by atoms with Crippen molar-refractivity contribution in [3.63, 3.8) is 0 Å². The third-order valence-electron chi connectivity index (χ3n) is 3.71. The first-order chi connectivity index (χ1) is 8.69. The molecule has 1 aromatic rings. The molecule has 1 aliphatic rings. The Morgan fingerprint density at radius 2 is 2.00 bits per heavy atom. The molecule has 1 N–H and O–H groups in total. The van der Waals surface area contributed by atoms with E-state index in [1.54, 1.807) is 0 Å². The Morgan fingerprint density at radius 3 is 2.67 bits per heavy atom. The van der Waals surface area contributed by atoms with E-state index in [2.05, 4.69) is 42.7 Å². The molecule has 0 saturated carbocycles. The molecule has 2 unspecified atom stereocenters. The van der Waals surface area contributed by atoms with Crippen LogP contribution < -0.4 is 0 Å². The molecular weight excluding hydrogens is 222 g/mol. The van der Waals surface area contributed by atoms with E-state index in [9.17, 15) is 0 Å². The molecule has 1 fully saturated rings. The molecule has 96 valence electrons. The summed E-state index contributed by atoms with van der Waals surface area (Å²) in [6, 6.07) is 8.30. The van der Waals surface area contributed by atoms with Gasteiger partial charge < -0.3 is 5.11 Å². The van der Waals surface area contributed by atoms with Crippen molar-refractivity contribution in [2.24, 2.45) is 11.8 Å². The van der Waals surface area contributed by atoms with Gasteiger partial charge in [-0.3, -0.25) is 4.90 Å². The third kappa shape index (κ3) is 3.35. The highest BCUT2D eigenvalue weighted by Gasteiger charge is 2.25. The summed E-state index contributed by atoms with van der Waals surface area (Å²) in [5, 5.41) is 8.70. The van der Waals surface area contributed by atoms with Crippen molar-refractivity contribution in [3.8, 4) is 11.8 Å². The summed E-state index contributed by atoms with van der Waals surface area (Å²) in [7, 11) is 0. The van der Waals surface area contributed by atoms with Gasteiger partial charge in [-0.05, 0) is 29.5 Å². The Hall–Kier alpha value is -1.30. The Labute approximate surface area is 110 Å². The molecular formula is C16H21NO. The second-order valence-corrected chi connectivity index (χ2v) is 5.31. The zero-order valence-electron chi connectivity index (χ0n) is 11.2. The van der Waals surface area contributed by atoms with Gasteiger partial charge in [-0.25, -0.2) is 0 Å². The molecule has 0 bridgehead atoms. The van der Waals surface area contributed by atoms with Gasteiger partial charge in [0.2, 0.25) is 0 Å². The molecule has 1 aliphatic heterocycles. The minimum atomic E-state index is -0.0780. The van der Waals surface area contributed by atoms with Crippen LogP contribution in [-0.2, 0) is 6.54 Å². The van der Waals surface area contributed by atoms with Gasteiger partial charge >= 0.3 is 0 Å². The first-order valence-corrected chi connectivity index (χ1v) is 6.60. The predicted octanol–water partition coefficient (Wildman–Crippen LogP) is 2.12. The van der Waals surface area contributed by atoms with Gasteiger partial charge in [-0.2, -0.15) is 0 Å². The molecule has 1 heterocycles. The van der Waals surface area contributed by atoms with Gasteiger partial charge in [0.25, 0.3) is 0 Å². The van der Waals surface area contributed by atoms with Gasteiger partial charge in [0.15, 0.2) is 0 Å². The SMILES string of the molecule is CC1CN(Cc2cccc(C#CCO)c2)CC1C. The quantitative estimate of drug-likeness (QED) is 0.804. The number of rotatable bonds is 2. The maximum Gasteiger partial charge on any atom is 0.104 e. The highest BCUT2D eigenvalue weighted by molar-refractivity contribution is 5.37. The second-order valence-electron chi connectivity index (χ2n) is 5.31. The normalized spacial score (nSPS) is 23.7.